The van der Waals surface area contributed by atoms with Gasteiger partial charge in [-0.15, -0.1) is 0 Å². The van der Waals surface area contributed by atoms with Gasteiger partial charge in [-0.25, -0.2) is 4.98 Å². The van der Waals surface area contributed by atoms with Gasteiger partial charge in [0.05, 0.1) is 5.69 Å². The Kier molecular flexibility index (Phi) is 5.69. The number of benzene rings is 1. The smallest absolute Gasteiger partial charge is 0.289 e. The van der Waals surface area contributed by atoms with Gasteiger partial charge in [0.1, 0.15) is 0 Å². The first-order valence-corrected chi connectivity index (χ1v) is 10.9. The zero-order chi connectivity index (χ0) is 20.4. The second kappa shape index (κ2) is 8.39. The number of carbonyl (C=O) groups is 2. The Hall–Kier alpha value is -2.63. The van der Waals surface area contributed by atoms with E-state index in [1.54, 1.807) is 0 Å². The van der Waals surface area contributed by atoms with Crippen LogP contribution in [-0.4, -0.2) is 39.4 Å². The molecule has 2 aliphatic rings. The maximum absolute atomic E-state index is 13.2. The van der Waals surface area contributed by atoms with E-state index in [9.17, 15) is 9.59 Å². The number of aryl methyl sites for hydroxylation is 1. The highest BCUT2D eigenvalue weighted by molar-refractivity contribution is 6.05. The molecule has 3 heterocycles. The van der Waals surface area contributed by atoms with E-state index in [1.165, 1.54) is 0 Å². The fourth-order valence-corrected chi connectivity index (χ4v) is 4.37. The van der Waals surface area contributed by atoms with Gasteiger partial charge in [-0.2, -0.15) is 0 Å². The number of carbonyl (C=O) groups excluding carboxylic acids is 2. The molecule has 0 atom stereocenters. The lowest BCUT2D eigenvalue weighted by atomic mass is 9.99. The number of nitrogens with one attached hydrogen (secondary N) is 1. The van der Waals surface area contributed by atoms with Crippen LogP contribution in [0.3, 0.4) is 0 Å². The number of nitrogens with zero attached hydrogens (tertiary/aromatic N) is 3. The van der Waals surface area contributed by atoms with E-state index in [4.69, 9.17) is 0 Å². The highest BCUT2D eigenvalue weighted by Crippen LogP contribution is 2.25. The molecule has 1 saturated heterocycles. The number of fused-ring (bicyclic) bond motifs is 1. The predicted molar refractivity (Wildman–Crippen MR) is 113 cm³/mol. The average molecular weight is 395 g/mol. The molecule has 0 radical (unpaired) electrons. The molecule has 0 saturated carbocycles. The first kappa shape index (κ1) is 19.7. The van der Waals surface area contributed by atoms with Crippen molar-refractivity contribution in [3.63, 3.8) is 0 Å². The molecule has 2 aliphatic heterocycles. The molecule has 6 nitrogen and oxygen atoms in total. The number of rotatable bonds is 4. The van der Waals surface area contributed by atoms with Crippen molar-refractivity contribution in [1.29, 1.82) is 0 Å². The molecular weight excluding hydrogens is 364 g/mol. The van der Waals surface area contributed by atoms with Crippen LogP contribution < -0.4 is 5.32 Å². The third-order valence-corrected chi connectivity index (χ3v) is 6.24. The summed E-state index contributed by atoms with van der Waals surface area (Å²) in [4.78, 5) is 32.8. The lowest BCUT2D eigenvalue weighted by Gasteiger charge is -2.30. The fraction of sp³-hybridized carbons (Fsp3) is 0.522. The summed E-state index contributed by atoms with van der Waals surface area (Å²) in [5.41, 5.74) is 3.21. The molecule has 6 heteroatoms. The monoisotopic (exact) mass is 394 g/mol. The van der Waals surface area contributed by atoms with Gasteiger partial charge in [0.2, 0.25) is 0 Å². The minimum absolute atomic E-state index is 0.0342. The summed E-state index contributed by atoms with van der Waals surface area (Å²) >= 11 is 0. The second-order valence-electron chi connectivity index (χ2n) is 8.28. The highest BCUT2D eigenvalue weighted by Gasteiger charge is 2.31. The summed E-state index contributed by atoms with van der Waals surface area (Å²) in [6.07, 6.45) is 5.72. The van der Waals surface area contributed by atoms with E-state index >= 15 is 0 Å². The fourth-order valence-electron chi connectivity index (χ4n) is 4.37. The van der Waals surface area contributed by atoms with E-state index in [1.807, 2.05) is 33.7 Å². The summed E-state index contributed by atoms with van der Waals surface area (Å²) in [5.74, 6) is 0.840. The van der Waals surface area contributed by atoms with Crippen molar-refractivity contribution in [2.75, 3.05) is 18.4 Å². The van der Waals surface area contributed by atoms with Gasteiger partial charge in [0.15, 0.2) is 11.5 Å². The van der Waals surface area contributed by atoms with Gasteiger partial charge in [-0.1, -0.05) is 32.0 Å². The zero-order valence-corrected chi connectivity index (χ0v) is 17.4. The van der Waals surface area contributed by atoms with Crippen LogP contribution in [-0.2, 0) is 19.4 Å². The lowest BCUT2D eigenvalue weighted by molar-refractivity contribution is 0.0678. The molecule has 0 unspecified atom stereocenters. The highest BCUT2D eigenvalue weighted by atomic mass is 16.2. The Morgan fingerprint density at radius 3 is 2.66 bits per heavy atom. The van der Waals surface area contributed by atoms with E-state index in [0.717, 1.165) is 75.1 Å². The molecule has 4 rings (SSSR count). The maximum Gasteiger partial charge on any atom is 0.289 e. The molecule has 1 aromatic heterocycles. The molecule has 0 spiro atoms. The first-order valence-electron chi connectivity index (χ1n) is 10.9. The molecule has 2 amide bonds. The topological polar surface area (TPSA) is 67.2 Å². The Balaban J connectivity index is 1.62. The van der Waals surface area contributed by atoms with Crippen LogP contribution in [0.15, 0.2) is 24.3 Å². The predicted octanol–water partition coefficient (Wildman–Crippen LogP) is 3.91. The number of imidazole rings is 1. The number of hydrogen-bond donors (Lipinski definition) is 1. The SMILES string of the molecule is CCc1ccccc1NC(=O)c1nc(C(=O)N2CCC(C)CC2)n2c1CCCC2. The minimum atomic E-state index is -0.220. The Bertz CT molecular complexity index is 910. The normalized spacial score (nSPS) is 17.1. The van der Waals surface area contributed by atoms with Crippen molar-refractivity contribution in [2.24, 2.45) is 5.92 Å². The molecule has 2 aromatic rings. The third-order valence-electron chi connectivity index (χ3n) is 6.24. The summed E-state index contributed by atoms with van der Waals surface area (Å²) < 4.78 is 1.99. The van der Waals surface area contributed by atoms with Gasteiger partial charge < -0.3 is 14.8 Å². The van der Waals surface area contributed by atoms with Crippen LogP contribution in [0.2, 0.25) is 0 Å². The summed E-state index contributed by atoms with van der Waals surface area (Å²) in [7, 11) is 0. The molecule has 1 fully saturated rings. The van der Waals surface area contributed by atoms with Crippen molar-refractivity contribution in [2.45, 2.75) is 58.9 Å². The standard InChI is InChI=1S/C23H30N4O2/c1-3-17-8-4-5-9-18(17)24-22(28)20-19-10-6-7-13-27(19)21(25-20)23(29)26-14-11-16(2)12-15-26/h4-5,8-9,16H,3,6-7,10-15H2,1-2H3,(H,24,28). The van der Waals surface area contributed by atoms with Crippen molar-refractivity contribution < 1.29 is 9.59 Å². The largest absolute Gasteiger partial charge is 0.336 e. The molecule has 154 valence electrons. The first-order chi connectivity index (χ1) is 14.1. The van der Waals surface area contributed by atoms with Crippen LogP contribution in [0.1, 0.15) is 71.9 Å². The molecule has 0 bridgehead atoms. The Morgan fingerprint density at radius 2 is 1.90 bits per heavy atom. The summed E-state index contributed by atoms with van der Waals surface area (Å²) in [6, 6.07) is 7.83. The molecule has 1 N–H and O–H groups in total. The molecule has 0 aliphatic carbocycles. The van der Waals surface area contributed by atoms with Crippen LogP contribution in [0, 0.1) is 5.92 Å². The van der Waals surface area contributed by atoms with Gasteiger partial charge in [0.25, 0.3) is 11.8 Å². The molecule has 29 heavy (non-hydrogen) atoms. The minimum Gasteiger partial charge on any atom is -0.336 e. The number of piperidine rings is 1. The van der Waals surface area contributed by atoms with E-state index in [-0.39, 0.29) is 11.8 Å². The second-order valence-corrected chi connectivity index (χ2v) is 8.28. The quantitative estimate of drug-likeness (QED) is 0.855. The number of aromatic nitrogens is 2. The molecular formula is C23H30N4O2. The van der Waals surface area contributed by atoms with Crippen molar-refractivity contribution in [3.8, 4) is 0 Å². The van der Waals surface area contributed by atoms with Crippen LogP contribution in [0.25, 0.3) is 0 Å². The van der Waals surface area contributed by atoms with Gasteiger partial charge in [-0.3, -0.25) is 9.59 Å². The lowest BCUT2D eigenvalue weighted by Crippen LogP contribution is -2.39. The van der Waals surface area contributed by atoms with Gasteiger partial charge in [0, 0.05) is 25.3 Å². The van der Waals surface area contributed by atoms with Gasteiger partial charge in [-0.05, 0) is 56.1 Å². The van der Waals surface area contributed by atoms with Crippen molar-refractivity contribution in [1.82, 2.24) is 14.5 Å². The van der Waals surface area contributed by atoms with E-state index < -0.39 is 0 Å². The Labute approximate surface area is 172 Å². The zero-order valence-electron chi connectivity index (χ0n) is 17.4. The number of hydrogen-bond acceptors (Lipinski definition) is 3. The van der Waals surface area contributed by atoms with Gasteiger partial charge >= 0.3 is 0 Å². The molecule has 1 aromatic carbocycles. The van der Waals surface area contributed by atoms with Crippen LogP contribution in [0.4, 0.5) is 5.69 Å². The average Bonchev–Trinajstić information content (AvgIpc) is 3.14. The summed E-state index contributed by atoms with van der Waals surface area (Å²) in [6.45, 7) is 6.60. The van der Waals surface area contributed by atoms with Crippen molar-refractivity contribution >= 4 is 17.5 Å². The van der Waals surface area contributed by atoms with Crippen LogP contribution in [0.5, 0.6) is 0 Å². The van der Waals surface area contributed by atoms with Crippen molar-refractivity contribution in [3.05, 3.63) is 47.0 Å². The number of anilines is 1. The number of amides is 2. The maximum atomic E-state index is 13.2. The van der Waals surface area contributed by atoms with Crippen LogP contribution >= 0.6 is 0 Å². The number of para-hydroxylation sites is 1. The van der Waals surface area contributed by atoms with E-state index in [2.05, 4.69) is 24.1 Å². The number of likely N-dealkylation sites (tertiary alicyclic amines) is 1. The third kappa shape index (κ3) is 3.93. The van der Waals surface area contributed by atoms with E-state index in [0.29, 0.717) is 17.4 Å². The Morgan fingerprint density at radius 1 is 1.14 bits per heavy atom. The summed E-state index contributed by atoms with van der Waals surface area (Å²) in [5, 5.41) is 3.03.